The molecule has 3 nitrogen and oxygen atoms in total. The summed E-state index contributed by atoms with van der Waals surface area (Å²) < 4.78 is 2.00. The van der Waals surface area contributed by atoms with E-state index in [0.29, 0.717) is 0 Å². The molecule has 0 spiro atoms. The molecule has 0 saturated heterocycles. The van der Waals surface area contributed by atoms with E-state index in [0.717, 1.165) is 17.0 Å². The van der Waals surface area contributed by atoms with Gasteiger partial charge in [0.2, 0.25) is 0 Å². The summed E-state index contributed by atoms with van der Waals surface area (Å²) >= 11 is 0. The third-order valence-electron chi connectivity index (χ3n) is 2.81. The van der Waals surface area contributed by atoms with Gasteiger partial charge in [-0.1, -0.05) is 0 Å². The van der Waals surface area contributed by atoms with E-state index >= 15 is 0 Å². The van der Waals surface area contributed by atoms with Crippen molar-refractivity contribution < 1.29 is 0 Å². The predicted molar refractivity (Wildman–Crippen MR) is 67.9 cm³/mol. The quantitative estimate of drug-likeness (QED) is 0.634. The molecule has 3 rings (SSSR count). The summed E-state index contributed by atoms with van der Waals surface area (Å²) in [6, 6.07) is 8.39. The second-order valence-electron chi connectivity index (χ2n) is 4.25. The van der Waals surface area contributed by atoms with Crippen LogP contribution in [0.25, 0.3) is 16.8 Å². The minimum atomic E-state index is 0.967. The van der Waals surface area contributed by atoms with Gasteiger partial charge in [0.25, 0.3) is 0 Å². The number of hydrogen-bond donors (Lipinski definition) is 0. The van der Waals surface area contributed by atoms with E-state index in [1.165, 1.54) is 11.1 Å². The maximum atomic E-state index is 4.39. The minimum Gasteiger partial charge on any atom is -0.307 e. The summed E-state index contributed by atoms with van der Waals surface area (Å²) in [4.78, 5) is 8.69. The van der Waals surface area contributed by atoms with Crippen molar-refractivity contribution >= 4 is 5.65 Å². The van der Waals surface area contributed by atoms with Crippen LogP contribution in [0.15, 0.2) is 42.9 Å². The lowest BCUT2D eigenvalue weighted by Gasteiger charge is -2.05. The average molecular weight is 223 g/mol. The fourth-order valence-corrected chi connectivity index (χ4v) is 2.09. The van der Waals surface area contributed by atoms with Crippen LogP contribution in [0.1, 0.15) is 11.4 Å². The summed E-state index contributed by atoms with van der Waals surface area (Å²) in [5.74, 6) is 0. The van der Waals surface area contributed by atoms with Crippen LogP contribution in [0.4, 0.5) is 0 Å². The van der Waals surface area contributed by atoms with E-state index in [1.807, 2.05) is 36.8 Å². The molecule has 17 heavy (non-hydrogen) atoms. The summed E-state index contributed by atoms with van der Waals surface area (Å²) in [6.07, 6.45) is 5.78. The van der Waals surface area contributed by atoms with Crippen molar-refractivity contribution in [3.8, 4) is 11.1 Å². The van der Waals surface area contributed by atoms with Gasteiger partial charge in [0.1, 0.15) is 5.65 Å². The van der Waals surface area contributed by atoms with E-state index in [-0.39, 0.29) is 0 Å². The Morgan fingerprint density at radius 3 is 2.47 bits per heavy atom. The van der Waals surface area contributed by atoms with Crippen LogP contribution in [0.2, 0.25) is 0 Å². The van der Waals surface area contributed by atoms with Gasteiger partial charge in [-0.3, -0.25) is 4.98 Å². The molecular formula is C14H13N3. The summed E-state index contributed by atoms with van der Waals surface area (Å²) in [5, 5.41) is 0. The lowest BCUT2D eigenvalue weighted by Crippen LogP contribution is -1.89. The minimum absolute atomic E-state index is 0.967. The van der Waals surface area contributed by atoms with Crippen molar-refractivity contribution in [3.05, 3.63) is 54.2 Å². The first-order valence-electron chi connectivity index (χ1n) is 5.61. The van der Waals surface area contributed by atoms with Crippen molar-refractivity contribution in [1.82, 2.24) is 14.4 Å². The van der Waals surface area contributed by atoms with Crippen molar-refractivity contribution in [1.29, 1.82) is 0 Å². The molecule has 84 valence electrons. The van der Waals surface area contributed by atoms with E-state index < -0.39 is 0 Å². The van der Waals surface area contributed by atoms with Crippen molar-refractivity contribution in [2.75, 3.05) is 0 Å². The van der Waals surface area contributed by atoms with E-state index in [4.69, 9.17) is 0 Å². The Balaban J connectivity index is 2.19. The van der Waals surface area contributed by atoms with E-state index in [2.05, 4.69) is 34.2 Å². The highest BCUT2D eigenvalue weighted by molar-refractivity contribution is 5.67. The van der Waals surface area contributed by atoms with Crippen molar-refractivity contribution in [3.63, 3.8) is 0 Å². The zero-order valence-electron chi connectivity index (χ0n) is 9.88. The number of aryl methyl sites for hydroxylation is 2. The monoisotopic (exact) mass is 223 g/mol. The van der Waals surface area contributed by atoms with Gasteiger partial charge in [0.15, 0.2) is 0 Å². The van der Waals surface area contributed by atoms with Gasteiger partial charge < -0.3 is 4.40 Å². The highest BCUT2D eigenvalue weighted by Gasteiger charge is 2.02. The highest BCUT2D eigenvalue weighted by atomic mass is 15.0. The zero-order valence-corrected chi connectivity index (χ0v) is 9.88. The molecule has 0 aliphatic carbocycles. The molecule has 0 fully saturated rings. The van der Waals surface area contributed by atoms with Gasteiger partial charge in [-0.2, -0.15) is 0 Å². The fourth-order valence-electron chi connectivity index (χ4n) is 2.09. The molecule has 3 aromatic heterocycles. The first-order valence-corrected chi connectivity index (χ1v) is 5.61. The molecule has 0 aliphatic rings. The Hall–Kier alpha value is -2.16. The second kappa shape index (κ2) is 3.70. The molecule has 0 bridgehead atoms. The molecule has 0 unspecified atom stereocenters. The number of pyridine rings is 2. The number of fused-ring (bicyclic) bond motifs is 1. The predicted octanol–water partition coefficient (Wildman–Crippen LogP) is 3.01. The largest absolute Gasteiger partial charge is 0.307 e. The molecule has 3 heterocycles. The number of nitrogens with zero attached hydrogens (tertiary/aromatic N) is 3. The third-order valence-corrected chi connectivity index (χ3v) is 2.81. The molecule has 3 aromatic rings. The summed E-state index contributed by atoms with van der Waals surface area (Å²) in [5.41, 5.74) is 5.43. The SMILES string of the molecule is Cc1cc(-c2ccn3ccnc3c2)cc(C)n1. The lowest BCUT2D eigenvalue weighted by molar-refractivity contribution is 1.12. The molecule has 0 aromatic carbocycles. The average Bonchev–Trinajstić information content (AvgIpc) is 2.74. The molecule has 0 atom stereocenters. The Labute approximate surface area is 99.8 Å². The summed E-state index contributed by atoms with van der Waals surface area (Å²) in [7, 11) is 0. The standard InChI is InChI=1S/C14H13N3/c1-10-7-13(8-11(2)16-10)12-3-5-17-6-4-15-14(17)9-12/h3-9H,1-2H3. The molecular weight excluding hydrogens is 210 g/mol. The molecule has 0 aliphatic heterocycles. The number of aromatic nitrogens is 3. The smallest absolute Gasteiger partial charge is 0.137 e. The normalized spacial score (nSPS) is 10.9. The highest BCUT2D eigenvalue weighted by Crippen LogP contribution is 2.21. The van der Waals surface area contributed by atoms with Gasteiger partial charge in [0.05, 0.1) is 0 Å². The lowest BCUT2D eigenvalue weighted by atomic mass is 10.1. The van der Waals surface area contributed by atoms with Gasteiger partial charge >= 0.3 is 0 Å². The van der Waals surface area contributed by atoms with Gasteiger partial charge in [-0.25, -0.2) is 4.98 Å². The van der Waals surface area contributed by atoms with Crippen LogP contribution in [-0.4, -0.2) is 14.4 Å². The molecule has 0 saturated carbocycles. The maximum Gasteiger partial charge on any atom is 0.137 e. The Bertz CT molecular complexity index is 663. The van der Waals surface area contributed by atoms with Crippen LogP contribution in [0, 0.1) is 13.8 Å². The van der Waals surface area contributed by atoms with E-state index in [1.54, 1.807) is 0 Å². The van der Waals surface area contributed by atoms with Crippen LogP contribution < -0.4 is 0 Å². The van der Waals surface area contributed by atoms with Crippen LogP contribution in [0.5, 0.6) is 0 Å². The molecule has 0 N–H and O–H groups in total. The van der Waals surface area contributed by atoms with Gasteiger partial charge in [0, 0.05) is 30.0 Å². The van der Waals surface area contributed by atoms with Gasteiger partial charge in [-0.05, 0) is 49.2 Å². The summed E-state index contributed by atoms with van der Waals surface area (Å²) in [6.45, 7) is 4.04. The first-order chi connectivity index (χ1) is 8.22. The Morgan fingerprint density at radius 1 is 0.941 bits per heavy atom. The fraction of sp³-hybridized carbons (Fsp3) is 0.143. The van der Waals surface area contributed by atoms with Crippen LogP contribution >= 0.6 is 0 Å². The maximum absolute atomic E-state index is 4.39. The zero-order chi connectivity index (χ0) is 11.8. The third kappa shape index (κ3) is 1.80. The van der Waals surface area contributed by atoms with Crippen LogP contribution in [0.3, 0.4) is 0 Å². The Morgan fingerprint density at radius 2 is 1.71 bits per heavy atom. The van der Waals surface area contributed by atoms with E-state index in [9.17, 15) is 0 Å². The second-order valence-corrected chi connectivity index (χ2v) is 4.25. The Kier molecular flexibility index (Phi) is 2.18. The number of rotatable bonds is 1. The molecule has 0 radical (unpaired) electrons. The number of imidazole rings is 1. The van der Waals surface area contributed by atoms with Gasteiger partial charge in [-0.15, -0.1) is 0 Å². The molecule has 0 amide bonds. The van der Waals surface area contributed by atoms with Crippen molar-refractivity contribution in [2.24, 2.45) is 0 Å². The van der Waals surface area contributed by atoms with Crippen molar-refractivity contribution in [2.45, 2.75) is 13.8 Å². The topological polar surface area (TPSA) is 30.2 Å². The first kappa shape index (κ1) is 10.0. The molecule has 3 heteroatoms. The van der Waals surface area contributed by atoms with Crippen LogP contribution in [-0.2, 0) is 0 Å². The number of hydrogen-bond acceptors (Lipinski definition) is 2.